The Balaban J connectivity index is 1.84. The van der Waals surface area contributed by atoms with E-state index in [0.717, 1.165) is 16.4 Å². The Kier molecular flexibility index (Phi) is 4.16. The molecule has 1 heterocycles. The molecule has 27 heavy (non-hydrogen) atoms. The van der Waals surface area contributed by atoms with Crippen LogP contribution >= 0.6 is 0 Å². The first-order valence-electron chi connectivity index (χ1n) is 8.18. The number of fused-ring (bicyclic) bond motifs is 3. The molecule has 0 unspecified atom stereocenters. The van der Waals surface area contributed by atoms with Crippen molar-refractivity contribution in [3.63, 3.8) is 0 Å². The fraction of sp³-hybridized carbons (Fsp3) is 0.100. The molecule has 0 saturated heterocycles. The Labute approximate surface area is 156 Å². The molecule has 0 saturated carbocycles. The van der Waals surface area contributed by atoms with Crippen LogP contribution in [0.5, 0.6) is 11.5 Å². The van der Waals surface area contributed by atoms with Gasteiger partial charge in [-0.1, -0.05) is 30.3 Å². The van der Waals surface area contributed by atoms with Crippen LogP contribution in [-0.4, -0.2) is 22.6 Å². The quantitative estimate of drug-likeness (QED) is 0.552. The number of ether oxygens (including phenoxy) is 2. The molecular weight excluding hydrogens is 366 g/mol. The highest BCUT2D eigenvalue weighted by atomic mass is 32.2. The summed E-state index contributed by atoms with van der Waals surface area (Å²) in [5, 5.41) is 1.78. The third kappa shape index (κ3) is 2.96. The third-order valence-electron chi connectivity index (χ3n) is 4.30. The number of hydrogen-bond acceptors (Lipinski definition) is 5. The highest BCUT2D eigenvalue weighted by Gasteiger charge is 2.22. The van der Waals surface area contributed by atoms with E-state index in [-0.39, 0.29) is 16.3 Å². The minimum atomic E-state index is -3.88. The van der Waals surface area contributed by atoms with Gasteiger partial charge in [-0.05, 0) is 24.3 Å². The van der Waals surface area contributed by atoms with Crippen LogP contribution in [0.1, 0.15) is 0 Å². The van der Waals surface area contributed by atoms with Crippen LogP contribution in [0, 0.1) is 0 Å². The summed E-state index contributed by atoms with van der Waals surface area (Å²) in [5.41, 5.74) is 1.57. The van der Waals surface area contributed by atoms with Crippen LogP contribution in [0.4, 0.5) is 5.69 Å². The summed E-state index contributed by atoms with van der Waals surface area (Å²) < 4.78 is 44.8. The molecule has 0 amide bonds. The van der Waals surface area contributed by atoms with Crippen molar-refractivity contribution in [3.05, 3.63) is 60.7 Å². The van der Waals surface area contributed by atoms with Gasteiger partial charge in [0.15, 0.2) is 0 Å². The lowest BCUT2D eigenvalue weighted by Gasteiger charge is -2.13. The maximum Gasteiger partial charge on any atom is 0.265 e. The van der Waals surface area contributed by atoms with Gasteiger partial charge in [-0.2, -0.15) is 0 Å². The molecule has 0 aliphatic rings. The van der Waals surface area contributed by atoms with Gasteiger partial charge in [-0.15, -0.1) is 0 Å². The van der Waals surface area contributed by atoms with Crippen LogP contribution in [0.15, 0.2) is 70.0 Å². The summed E-state index contributed by atoms with van der Waals surface area (Å²) in [6, 6.07) is 17.4. The lowest BCUT2D eigenvalue weighted by Crippen LogP contribution is -2.14. The van der Waals surface area contributed by atoms with Crippen molar-refractivity contribution in [2.24, 2.45) is 0 Å². The highest BCUT2D eigenvalue weighted by Crippen LogP contribution is 2.37. The zero-order chi connectivity index (χ0) is 19.0. The van der Waals surface area contributed by atoms with Crippen molar-refractivity contribution < 1.29 is 22.3 Å². The van der Waals surface area contributed by atoms with Crippen LogP contribution in [0.3, 0.4) is 0 Å². The number of furan rings is 1. The number of sulfonamides is 1. The van der Waals surface area contributed by atoms with E-state index in [1.165, 1.54) is 20.3 Å². The average molecular weight is 383 g/mol. The SMILES string of the molecule is COc1cc2c(cc1NS(=O)(=O)c1ccccc1OC)oc1ccccc12. The number of rotatable bonds is 5. The first kappa shape index (κ1) is 17.2. The Morgan fingerprint density at radius 1 is 0.815 bits per heavy atom. The predicted molar refractivity (Wildman–Crippen MR) is 104 cm³/mol. The lowest BCUT2D eigenvalue weighted by molar-refractivity contribution is 0.403. The molecule has 1 N–H and O–H groups in total. The average Bonchev–Trinajstić information content (AvgIpc) is 3.04. The maximum absolute atomic E-state index is 12.9. The lowest BCUT2D eigenvalue weighted by atomic mass is 10.1. The molecule has 0 aliphatic heterocycles. The molecule has 4 rings (SSSR count). The Bertz CT molecular complexity index is 1240. The van der Waals surface area contributed by atoms with Gasteiger partial charge in [0, 0.05) is 16.8 Å². The van der Waals surface area contributed by atoms with E-state index in [0.29, 0.717) is 11.3 Å². The predicted octanol–water partition coefficient (Wildman–Crippen LogP) is 4.40. The van der Waals surface area contributed by atoms with Crippen molar-refractivity contribution in [3.8, 4) is 11.5 Å². The van der Waals surface area contributed by atoms with Gasteiger partial charge in [0.1, 0.15) is 27.6 Å². The Morgan fingerprint density at radius 3 is 2.30 bits per heavy atom. The summed E-state index contributed by atoms with van der Waals surface area (Å²) in [6.45, 7) is 0. The third-order valence-corrected chi connectivity index (χ3v) is 5.71. The molecule has 1 aromatic heterocycles. The van der Waals surface area contributed by atoms with Gasteiger partial charge in [0.25, 0.3) is 10.0 Å². The first-order valence-corrected chi connectivity index (χ1v) is 9.67. The van der Waals surface area contributed by atoms with E-state index in [9.17, 15) is 8.42 Å². The minimum absolute atomic E-state index is 0.0410. The number of nitrogens with one attached hydrogen (secondary N) is 1. The van der Waals surface area contributed by atoms with Crippen molar-refractivity contribution in [2.45, 2.75) is 4.90 Å². The number of methoxy groups -OCH3 is 2. The highest BCUT2D eigenvalue weighted by molar-refractivity contribution is 7.92. The van der Waals surface area contributed by atoms with Gasteiger partial charge in [0.05, 0.1) is 19.9 Å². The fourth-order valence-electron chi connectivity index (χ4n) is 3.04. The van der Waals surface area contributed by atoms with E-state index in [1.54, 1.807) is 30.3 Å². The van der Waals surface area contributed by atoms with Gasteiger partial charge in [-0.3, -0.25) is 4.72 Å². The van der Waals surface area contributed by atoms with Crippen LogP contribution in [0.25, 0.3) is 21.9 Å². The van der Waals surface area contributed by atoms with E-state index >= 15 is 0 Å². The van der Waals surface area contributed by atoms with Crippen LogP contribution < -0.4 is 14.2 Å². The summed E-state index contributed by atoms with van der Waals surface area (Å²) in [6.07, 6.45) is 0. The second-order valence-corrected chi connectivity index (χ2v) is 7.55. The van der Waals surface area contributed by atoms with Gasteiger partial charge >= 0.3 is 0 Å². The van der Waals surface area contributed by atoms with Gasteiger partial charge in [-0.25, -0.2) is 8.42 Å². The summed E-state index contributed by atoms with van der Waals surface area (Å²) in [4.78, 5) is 0.0410. The number of para-hydroxylation sites is 2. The van der Waals surface area contributed by atoms with Crippen LogP contribution in [0.2, 0.25) is 0 Å². The molecule has 3 aromatic carbocycles. The first-order chi connectivity index (χ1) is 13.0. The molecule has 4 aromatic rings. The van der Waals surface area contributed by atoms with Crippen molar-refractivity contribution in [2.75, 3.05) is 18.9 Å². The van der Waals surface area contributed by atoms with E-state index in [2.05, 4.69) is 4.72 Å². The number of benzene rings is 3. The molecule has 0 radical (unpaired) electrons. The fourth-order valence-corrected chi connectivity index (χ4v) is 4.27. The molecule has 138 valence electrons. The van der Waals surface area contributed by atoms with Crippen LogP contribution in [-0.2, 0) is 10.0 Å². The smallest absolute Gasteiger partial charge is 0.265 e. The van der Waals surface area contributed by atoms with Crippen molar-refractivity contribution in [1.82, 2.24) is 0 Å². The zero-order valence-electron chi connectivity index (χ0n) is 14.7. The second-order valence-electron chi connectivity index (χ2n) is 5.90. The van der Waals surface area contributed by atoms with Crippen molar-refractivity contribution in [1.29, 1.82) is 0 Å². The Morgan fingerprint density at radius 2 is 1.52 bits per heavy atom. The van der Waals surface area contributed by atoms with E-state index in [4.69, 9.17) is 13.9 Å². The minimum Gasteiger partial charge on any atom is -0.495 e. The van der Waals surface area contributed by atoms with E-state index < -0.39 is 10.0 Å². The largest absolute Gasteiger partial charge is 0.495 e. The molecule has 0 spiro atoms. The molecule has 0 fully saturated rings. The molecule has 7 heteroatoms. The standard InChI is InChI=1S/C20H17NO5S/c1-24-17-9-5-6-10-20(17)27(22,23)21-15-12-18-14(11-19(15)25-2)13-7-3-4-8-16(13)26-18/h3-12,21H,1-2H3. The number of anilines is 1. The second kappa shape index (κ2) is 6.51. The van der Waals surface area contributed by atoms with E-state index in [1.807, 2.05) is 24.3 Å². The Hall–Kier alpha value is -3.19. The summed E-state index contributed by atoms with van der Waals surface area (Å²) >= 11 is 0. The molecule has 6 nitrogen and oxygen atoms in total. The normalized spacial score (nSPS) is 11.6. The summed E-state index contributed by atoms with van der Waals surface area (Å²) in [7, 11) is -0.968. The van der Waals surface area contributed by atoms with Crippen molar-refractivity contribution >= 4 is 37.6 Å². The molecule has 0 atom stereocenters. The topological polar surface area (TPSA) is 77.8 Å². The number of hydrogen-bond donors (Lipinski definition) is 1. The van der Waals surface area contributed by atoms with Gasteiger partial charge < -0.3 is 13.9 Å². The maximum atomic E-state index is 12.9. The zero-order valence-corrected chi connectivity index (χ0v) is 15.5. The molecule has 0 bridgehead atoms. The molecular formula is C20H17NO5S. The van der Waals surface area contributed by atoms with Gasteiger partial charge in [0.2, 0.25) is 0 Å². The molecule has 0 aliphatic carbocycles. The summed E-state index contributed by atoms with van der Waals surface area (Å²) in [5.74, 6) is 0.654. The monoisotopic (exact) mass is 383 g/mol.